The zero-order valence-corrected chi connectivity index (χ0v) is 48.7. The van der Waals surface area contributed by atoms with Crippen LogP contribution in [-0.2, 0) is 27.1 Å². The topological polar surface area (TPSA) is 9.72 Å². The smallest absolute Gasteiger partial charge is 0.252 e. The van der Waals surface area contributed by atoms with Gasteiger partial charge in [0, 0.05) is 45.4 Å². The summed E-state index contributed by atoms with van der Waals surface area (Å²) in [4.78, 5) is 7.90. The van der Waals surface area contributed by atoms with Gasteiger partial charge in [0.05, 0.1) is 11.4 Å². The zero-order valence-electron chi connectivity index (χ0n) is 48.7. The van der Waals surface area contributed by atoms with Crippen LogP contribution in [0.25, 0.3) is 22.3 Å². The summed E-state index contributed by atoms with van der Waals surface area (Å²) in [5.41, 5.74) is 28.0. The van der Waals surface area contributed by atoms with Gasteiger partial charge >= 0.3 is 0 Å². The molecule has 0 amide bonds. The van der Waals surface area contributed by atoms with Gasteiger partial charge in [-0.25, -0.2) is 0 Å². The molecule has 2 aliphatic carbocycles. The highest BCUT2D eigenvalue weighted by Crippen LogP contribution is 2.55. The molecule has 2 aliphatic heterocycles. The average Bonchev–Trinajstić information content (AvgIpc) is 2.32. The van der Waals surface area contributed by atoms with Crippen LogP contribution in [0.1, 0.15) is 135 Å². The Labute approximate surface area is 472 Å². The van der Waals surface area contributed by atoms with Crippen molar-refractivity contribution in [1.29, 1.82) is 0 Å². The number of hydrogen-bond acceptors (Lipinski definition) is 3. The molecule has 0 unspecified atom stereocenters. The van der Waals surface area contributed by atoms with E-state index in [0.29, 0.717) is 0 Å². The summed E-state index contributed by atoms with van der Waals surface area (Å²) >= 11 is 0. The number of para-hydroxylation sites is 2. The van der Waals surface area contributed by atoms with E-state index in [9.17, 15) is 0 Å². The van der Waals surface area contributed by atoms with Crippen molar-refractivity contribution in [3.8, 4) is 22.3 Å². The summed E-state index contributed by atoms with van der Waals surface area (Å²) in [6.45, 7) is 29.1. The number of fused-ring (bicyclic) bond motifs is 6. The molecule has 0 fully saturated rings. The van der Waals surface area contributed by atoms with Crippen LogP contribution < -0.4 is 31.1 Å². The fourth-order valence-corrected chi connectivity index (χ4v) is 14.1. The highest BCUT2D eigenvalue weighted by Gasteiger charge is 2.48. The van der Waals surface area contributed by atoms with Gasteiger partial charge in [0.2, 0.25) is 0 Å². The molecule has 9 aromatic carbocycles. The van der Waals surface area contributed by atoms with Gasteiger partial charge in [-0.05, 0) is 193 Å². The van der Waals surface area contributed by atoms with Gasteiger partial charge in [-0.15, -0.1) is 0 Å². The average molecular weight is 1030 g/mol. The molecule has 79 heavy (non-hydrogen) atoms. The number of benzene rings is 9. The minimum absolute atomic E-state index is 0.00149. The van der Waals surface area contributed by atoms with Crippen LogP contribution in [0.15, 0.2) is 194 Å². The maximum Gasteiger partial charge on any atom is 0.252 e. The first-order valence-corrected chi connectivity index (χ1v) is 29.1. The van der Waals surface area contributed by atoms with E-state index in [0.717, 1.165) is 36.3 Å². The van der Waals surface area contributed by atoms with Crippen LogP contribution in [0.3, 0.4) is 0 Å². The molecule has 2 heterocycles. The second-order valence-electron chi connectivity index (χ2n) is 27.2. The van der Waals surface area contributed by atoms with Crippen molar-refractivity contribution < 1.29 is 0 Å². The van der Waals surface area contributed by atoms with Gasteiger partial charge in [-0.2, -0.15) is 0 Å². The lowest BCUT2D eigenvalue weighted by atomic mass is 9.33. The third-order valence-corrected chi connectivity index (χ3v) is 19.0. The predicted molar refractivity (Wildman–Crippen MR) is 340 cm³/mol. The standard InChI is InChI=1S/C75H76BN3/c1-49-41-58-60(74(9,10)39-37-72(58,5)6)47-65(49)79-66-42-52(50-25-17-13-18-26-50)33-35-62(66)76-63-46-59-61(75(11,12)40-38-73(59,7)8)48-67(63)78(64-36-34-53(71(2,3)4)43-57(64)51-27-19-14-20-28-51)68-44-56(45-69(79)70(68)76)77(54-29-21-15-22-30-54)55-31-23-16-24-32-55/h13-36,41-48H,37-40H2,1-12H3. The molecule has 4 aliphatic rings. The number of nitrogens with zero attached hydrogens (tertiary/aromatic N) is 3. The van der Waals surface area contributed by atoms with E-state index in [2.05, 4.69) is 292 Å². The first-order valence-electron chi connectivity index (χ1n) is 29.1. The van der Waals surface area contributed by atoms with Crippen LogP contribution in [-0.4, -0.2) is 6.71 Å². The predicted octanol–water partition coefficient (Wildman–Crippen LogP) is 18.9. The third kappa shape index (κ3) is 8.38. The molecule has 0 N–H and O–H groups in total. The van der Waals surface area contributed by atoms with Gasteiger partial charge in [-0.3, -0.25) is 0 Å². The van der Waals surface area contributed by atoms with Crippen molar-refractivity contribution in [1.82, 2.24) is 0 Å². The van der Waals surface area contributed by atoms with E-state index in [1.807, 2.05) is 0 Å². The maximum atomic E-state index is 2.71. The Hall–Kier alpha value is -7.56. The SMILES string of the molecule is Cc1cc2c(cc1N1c3cc(-c4ccccc4)ccc3B3c4cc5c(cc4N(c4ccc(C(C)(C)C)cc4-c4ccccc4)c4cc(N(c6ccccc6)c6ccccc6)cc1c43)C(C)(C)CCC5(C)C)C(C)(C)CCC2(C)C. The van der Waals surface area contributed by atoms with Gasteiger partial charge in [0.25, 0.3) is 6.71 Å². The van der Waals surface area contributed by atoms with Gasteiger partial charge in [0.15, 0.2) is 0 Å². The lowest BCUT2D eigenvalue weighted by Crippen LogP contribution is -2.62. The fourth-order valence-electron chi connectivity index (χ4n) is 14.1. The van der Waals surface area contributed by atoms with Gasteiger partial charge in [0.1, 0.15) is 0 Å². The largest absolute Gasteiger partial charge is 0.311 e. The number of rotatable bonds is 7. The summed E-state index contributed by atoms with van der Waals surface area (Å²) in [6, 6.07) is 74.6. The first-order chi connectivity index (χ1) is 37.7. The van der Waals surface area contributed by atoms with Crippen LogP contribution in [0, 0.1) is 6.92 Å². The molecule has 0 aromatic heterocycles. The van der Waals surface area contributed by atoms with E-state index in [-0.39, 0.29) is 33.8 Å². The van der Waals surface area contributed by atoms with Crippen LogP contribution in [0.5, 0.6) is 0 Å². The molecule has 0 saturated carbocycles. The Kier molecular flexibility index (Phi) is 11.8. The fraction of sp³-hybridized carbons (Fsp3) is 0.280. The highest BCUT2D eigenvalue weighted by molar-refractivity contribution is 7.00. The van der Waals surface area contributed by atoms with Crippen LogP contribution in [0.2, 0.25) is 0 Å². The second-order valence-corrected chi connectivity index (χ2v) is 27.2. The monoisotopic (exact) mass is 1030 g/mol. The van der Waals surface area contributed by atoms with Crippen molar-refractivity contribution >= 4 is 74.3 Å². The molecule has 0 saturated heterocycles. The normalized spacial score (nSPS) is 17.0. The van der Waals surface area contributed by atoms with Gasteiger partial charge in [-0.1, -0.05) is 204 Å². The summed E-state index contributed by atoms with van der Waals surface area (Å²) < 4.78 is 0. The van der Waals surface area contributed by atoms with Crippen molar-refractivity contribution in [2.24, 2.45) is 0 Å². The minimum Gasteiger partial charge on any atom is -0.311 e. The van der Waals surface area contributed by atoms with Crippen molar-refractivity contribution in [2.75, 3.05) is 14.7 Å². The Bertz CT molecular complexity index is 3810. The molecule has 4 heteroatoms. The summed E-state index contributed by atoms with van der Waals surface area (Å²) in [5, 5.41) is 0. The van der Waals surface area contributed by atoms with E-state index in [1.54, 1.807) is 0 Å². The van der Waals surface area contributed by atoms with Crippen molar-refractivity contribution in [3.05, 3.63) is 228 Å². The third-order valence-electron chi connectivity index (χ3n) is 19.0. The van der Waals surface area contributed by atoms with Crippen LogP contribution >= 0.6 is 0 Å². The summed E-state index contributed by atoms with van der Waals surface area (Å²) in [5.74, 6) is 0. The lowest BCUT2D eigenvalue weighted by molar-refractivity contribution is 0.332. The van der Waals surface area contributed by atoms with Crippen LogP contribution in [0.4, 0.5) is 51.2 Å². The molecule has 9 aromatic rings. The molecule has 0 atom stereocenters. The number of aryl methyl sites for hydroxylation is 1. The Morgan fingerprint density at radius 3 is 1.37 bits per heavy atom. The Morgan fingerprint density at radius 2 is 0.835 bits per heavy atom. The van der Waals surface area contributed by atoms with E-state index >= 15 is 0 Å². The van der Waals surface area contributed by atoms with E-state index in [4.69, 9.17) is 0 Å². The molecule has 394 valence electrons. The van der Waals surface area contributed by atoms with E-state index < -0.39 is 0 Å². The minimum atomic E-state index is -0.0725. The maximum absolute atomic E-state index is 2.71. The molecular formula is C75H76BN3. The van der Waals surface area contributed by atoms with Gasteiger partial charge < -0.3 is 14.7 Å². The summed E-state index contributed by atoms with van der Waals surface area (Å²) in [6.07, 6.45) is 4.58. The zero-order chi connectivity index (χ0) is 55.0. The molecule has 3 nitrogen and oxygen atoms in total. The number of anilines is 9. The van der Waals surface area contributed by atoms with E-state index in [1.165, 1.54) is 113 Å². The Morgan fingerprint density at radius 1 is 0.380 bits per heavy atom. The quantitative estimate of drug-likeness (QED) is 0.147. The molecule has 0 radical (unpaired) electrons. The molecule has 13 rings (SSSR count). The first kappa shape index (κ1) is 50.9. The Balaban J connectivity index is 1.22. The molecule has 0 bridgehead atoms. The highest BCUT2D eigenvalue weighted by atomic mass is 15.2. The second kappa shape index (κ2) is 18.2. The lowest BCUT2D eigenvalue weighted by Gasteiger charge is -2.48. The van der Waals surface area contributed by atoms with Crippen molar-refractivity contribution in [2.45, 2.75) is 136 Å². The summed E-state index contributed by atoms with van der Waals surface area (Å²) in [7, 11) is 0. The molecule has 0 spiro atoms. The van der Waals surface area contributed by atoms with Crippen molar-refractivity contribution in [3.63, 3.8) is 0 Å². The molecular weight excluding hydrogens is 954 g/mol. The number of hydrogen-bond donors (Lipinski definition) is 0.